The Morgan fingerprint density at radius 1 is 1.38 bits per heavy atom. The topological polar surface area (TPSA) is 148 Å². The largest absolute Gasteiger partial charge is 0.481 e. The van der Waals surface area contributed by atoms with Gasteiger partial charge in [-0.15, -0.1) is 0 Å². The zero-order chi connectivity index (χ0) is 23.0. The summed E-state index contributed by atoms with van der Waals surface area (Å²) in [5, 5.41) is 23.5. The van der Waals surface area contributed by atoms with Crippen molar-refractivity contribution in [3.05, 3.63) is 33.4 Å². The fourth-order valence-electron chi connectivity index (χ4n) is 4.53. The minimum absolute atomic E-state index is 0.00420. The summed E-state index contributed by atoms with van der Waals surface area (Å²) >= 11 is 1.59. The first-order chi connectivity index (χ1) is 15.3. The quantitative estimate of drug-likeness (QED) is 0.255. The first-order valence-corrected chi connectivity index (χ1v) is 11.3. The number of benzene rings is 1. The third kappa shape index (κ3) is 3.94. The van der Waals surface area contributed by atoms with Crippen molar-refractivity contribution >= 4 is 29.7 Å². The molecular formula is C20H23N3O8S. The number of carbonyl (C=O) groups is 3. The molecule has 4 rings (SSSR count). The lowest BCUT2D eigenvalue weighted by Crippen LogP contribution is -2.48. The molecule has 3 amide bonds. The van der Waals surface area contributed by atoms with Crippen LogP contribution in [0.5, 0.6) is 11.5 Å². The van der Waals surface area contributed by atoms with Gasteiger partial charge in [-0.1, -0.05) is 6.42 Å². The van der Waals surface area contributed by atoms with Crippen LogP contribution in [0.1, 0.15) is 42.9 Å². The van der Waals surface area contributed by atoms with Crippen LogP contribution in [-0.4, -0.2) is 62.7 Å². The van der Waals surface area contributed by atoms with E-state index in [4.69, 9.17) is 14.6 Å². The van der Waals surface area contributed by atoms with Crippen LogP contribution in [0.3, 0.4) is 0 Å². The van der Waals surface area contributed by atoms with Crippen LogP contribution in [-0.2, 0) is 9.59 Å². The molecule has 2 saturated heterocycles. The number of carboxylic acids is 1. The molecule has 1 aromatic rings. The van der Waals surface area contributed by atoms with Crippen LogP contribution in [0.15, 0.2) is 12.1 Å². The number of fused-ring (bicyclic) bond motifs is 2. The molecule has 2 fully saturated rings. The number of hydrogen-bond acceptors (Lipinski definition) is 8. The number of nitrogens with zero attached hydrogens (tertiary/aromatic N) is 2. The summed E-state index contributed by atoms with van der Waals surface area (Å²) in [7, 11) is 0. The summed E-state index contributed by atoms with van der Waals surface area (Å²) in [5.41, 5.74) is 0.585. The van der Waals surface area contributed by atoms with Gasteiger partial charge in [0.15, 0.2) is 11.5 Å². The van der Waals surface area contributed by atoms with Gasteiger partial charge >= 0.3 is 23.9 Å². The lowest BCUT2D eigenvalue weighted by Gasteiger charge is -2.27. The van der Waals surface area contributed by atoms with E-state index in [0.29, 0.717) is 42.1 Å². The Kier molecular flexibility index (Phi) is 6.13. The smallest absolute Gasteiger partial charge is 0.325 e. The van der Waals surface area contributed by atoms with Gasteiger partial charge < -0.3 is 19.9 Å². The highest BCUT2D eigenvalue weighted by molar-refractivity contribution is 8.00. The minimum atomic E-state index is -1.76. The fraction of sp³-hybridized carbons (Fsp3) is 0.550. The van der Waals surface area contributed by atoms with E-state index in [2.05, 4.69) is 5.32 Å². The van der Waals surface area contributed by atoms with Gasteiger partial charge in [-0.3, -0.25) is 24.6 Å². The number of thioether (sulfide) groups is 1. The van der Waals surface area contributed by atoms with Crippen LogP contribution in [0, 0.1) is 17.0 Å². The van der Waals surface area contributed by atoms with Crippen molar-refractivity contribution in [2.45, 2.75) is 56.0 Å². The van der Waals surface area contributed by atoms with Gasteiger partial charge in [0, 0.05) is 33.5 Å². The molecule has 11 nitrogen and oxygen atoms in total. The second-order valence-corrected chi connectivity index (χ2v) is 9.24. The first kappa shape index (κ1) is 22.2. The molecule has 0 spiro atoms. The Balaban J connectivity index is 1.57. The molecule has 12 heteroatoms. The number of amides is 3. The Morgan fingerprint density at radius 3 is 2.88 bits per heavy atom. The van der Waals surface area contributed by atoms with Crippen LogP contribution in [0.2, 0.25) is 0 Å². The summed E-state index contributed by atoms with van der Waals surface area (Å²) in [5.74, 6) is -0.355. The molecule has 1 unspecified atom stereocenters. The summed E-state index contributed by atoms with van der Waals surface area (Å²) in [6, 6.07) is -0.198. The van der Waals surface area contributed by atoms with E-state index >= 15 is 0 Å². The van der Waals surface area contributed by atoms with Crippen LogP contribution < -0.4 is 14.8 Å². The minimum Gasteiger partial charge on any atom is -0.481 e. The molecule has 0 saturated carbocycles. The second kappa shape index (κ2) is 8.85. The van der Waals surface area contributed by atoms with Crippen molar-refractivity contribution in [1.82, 2.24) is 10.2 Å². The average Bonchev–Trinajstić information content (AvgIpc) is 3.42. The van der Waals surface area contributed by atoms with Crippen molar-refractivity contribution < 1.29 is 33.9 Å². The molecule has 3 aliphatic rings. The first-order valence-electron chi connectivity index (χ1n) is 10.3. The lowest BCUT2D eigenvalue weighted by molar-refractivity contribution is -0.514. The number of imide groups is 1. The molecule has 3 heterocycles. The number of carboxylic acid groups (broad SMARTS) is 1. The number of nitrogens with one attached hydrogen (secondary N) is 1. The average molecular weight is 465 g/mol. The molecule has 0 aromatic heterocycles. The number of ether oxygens (including phenoxy) is 2. The summed E-state index contributed by atoms with van der Waals surface area (Å²) in [6.45, 7) is 1.62. The summed E-state index contributed by atoms with van der Waals surface area (Å²) in [4.78, 5) is 49.1. The summed E-state index contributed by atoms with van der Waals surface area (Å²) in [6.07, 6.45) is 1.79. The molecule has 0 aliphatic carbocycles. The third-order valence-corrected chi connectivity index (χ3v) is 7.54. The summed E-state index contributed by atoms with van der Waals surface area (Å²) < 4.78 is 10.7. The number of rotatable bonds is 8. The molecule has 0 bridgehead atoms. The number of unbranched alkanes of at least 4 members (excludes halogenated alkanes) is 1. The Labute approximate surface area is 187 Å². The van der Waals surface area contributed by atoms with E-state index in [9.17, 15) is 24.5 Å². The van der Waals surface area contributed by atoms with Gasteiger partial charge in [-0.25, -0.2) is 4.79 Å². The maximum absolute atomic E-state index is 13.4. The zero-order valence-corrected chi connectivity index (χ0v) is 18.1. The molecule has 32 heavy (non-hydrogen) atoms. The maximum atomic E-state index is 13.4. The second-order valence-electron chi connectivity index (χ2n) is 7.97. The van der Waals surface area contributed by atoms with Gasteiger partial charge in [0.05, 0.1) is 12.1 Å². The van der Waals surface area contributed by atoms with Crippen molar-refractivity contribution in [3.63, 3.8) is 0 Å². The van der Waals surface area contributed by atoms with E-state index < -0.39 is 34.9 Å². The fourth-order valence-corrected chi connectivity index (χ4v) is 6.11. The van der Waals surface area contributed by atoms with E-state index in [1.165, 1.54) is 12.1 Å². The molecule has 2 N–H and O–H groups in total. The number of aliphatic carboxylic acids is 1. The highest BCUT2D eigenvalue weighted by Crippen LogP contribution is 2.42. The SMILES string of the molecule is Cc1c(C(C(=O)N2C(=O)N[C@H]3CS[C@@H](CCCCC(=O)O)[C@H]32)[N+](=O)[O-])ccc2c1OCO2. The van der Waals surface area contributed by atoms with Gasteiger partial charge in [0.2, 0.25) is 6.79 Å². The highest BCUT2D eigenvalue weighted by Gasteiger charge is 2.54. The third-order valence-electron chi connectivity index (χ3n) is 6.04. The van der Waals surface area contributed by atoms with E-state index in [-0.39, 0.29) is 30.1 Å². The van der Waals surface area contributed by atoms with E-state index in [1.54, 1.807) is 18.7 Å². The molecule has 0 radical (unpaired) electrons. The lowest BCUT2D eigenvalue weighted by atomic mass is 9.97. The van der Waals surface area contributed by atoms with Crippen LogP contribution in [0.4, 0.5) is 4.79 Å². The van der Waals surface area contributed by atoms with Gasteiger partial charge in [-0.05, 0) is 31.9 Å². The molecule has 1 aromatic carbocycles. The number of urea groups is 1. The number of hydrogen-bond donors (Lipinski definition) is 2. The van der Waals surface area contributed by atoms with Gasteiger partial charge in [0.1, 0.15) is 0 Å². The van der Waals surface area contributed by atoms with E-state index in [1.807, 2.05) is 0 Å². The molecule has 4 atom stereocenters. The zero-order valence-electron chi connectivity index (χ0n) is 17.3. The van der Waals surface area contributed by atoms with Crippen LogP contribution in [0.25, 0.3) is 0 Å². The van der Waals surface area contributed by atoms with Crippen molar-refractivity contribution in [3.8, 4) is 11.5 Å². The van der Waals surface area contributed by atoms with Crippen molar-refractivity contribution in [2.24, 2.45) is 0 Å². The monoisotopic (exact) mass is 465 g/mol. The van der Waals surface area contributed by atoms with Crippen molar-refractivity contribution in [2.75, 3.05) is 12.5 Å². The molecule has 172 valence electrons. The Hall–Kier alpha value is -3.02. The Bertz CT molecular complexity index is 970. The Morgan fingerprint density at radius 2 is 2.16 bits per heavy atom. The normalized spacial score (nSPS) is 24.2. The van der Waals surface area contributed by atoms with Crippen LogP contribution >= 0.6 is 11.8 Å². The van der Waals surface area contributed by atoms with Crippen molar-refractivity contribution in [1.29, 1.82) is 0 Å². The van der Waals surface area contributed by atoms with Gasteiger partial charge in [-0.2, -0.15) is 11.8 Å². The number of carbonyl (C=O) groups excluding carboxylic acids is 2. The standard InChI is InChI=1S/C20H23N3O8S/c1-10-11(6-7-13-18(10)31-9-30-13)16(23(28)29)19(26)22-17-12(21-20(22)27)8-32-14(17)4-2-3-5-15(24)25/h6-7,12,14,16-17H,2-5,8-9H2,1H3,(H,21,27)(H,24,25)/t12-,14-,16?,17-/m0/s1. The predicted molar refractivity (Wildman–Crippen MR) is 112 cm³/mol. The van der Waals surface area contributed by atoms with E-state index in [0.717, 1.165) is 4.90 Å². The van der Waals surface area contributed by atoms with Gasteiger partial charge in [0.25, 0.3) is 0 Å². The molecule has 3 aliphatic heterocycles. The highest BCUT2D eigenvalue weighted by atomic mass is 32.2. The number of nitro groups is 1. The predicted octanol–water partition coefficient (Wildman–Crippen LogP) is 2.09. The molecular weight excluding hydrogens is 442 g/mol. The maximum Gasteiger partial charge on any atom is 0.325 e.